The van der Waals surface area contributed by atoms with E-state index in [0.29, 0.717) is 6.54 Å². The Morgan fingerprint density at radius 3 is 2.70 bits per heavy atom. The molecule has 0 radical (unpaired) electrons. The molecular weight excluding hydrogens is 340 g/mol. The number of likely N-dealkylation sites (tertiary alicyclic amines) is 2. The molecule has 146 valence electrons. The molecule has 2 fully saturated rings. The molecular formula is C21H30N4O2. The van der Waals surface area contributed by atoms with Gasteiger partial charge in [-0.15, -0.1) is 0 Å². The van der Waals surface area contributed by atoms with E-state index in [9.17, 15) is 9.59 Å². The van der Waals surface area contributed by atoms with Crippen LogP contribution in [0.1, 0.15) is 38.2 Å². The third kappa shape index (κ3) is 3.81. The first-order valence-electron chi connectivity index (χ1n) is 10.3. The average Bonchev–Trinajstić information content (AvgIpc) is 3.42. The number of fused-ring (bicyclic) bond motifs is 1. The lowest BCUT2D eigenvalue weighted by Gasteiger charge is -2.30. The van der Waals surface area contributed by atoms with E-state index in [4.69, 9.17) is 0 Å². The Morgan fingerprint density at radius 1 is 1.11 bits per heavy atom. The molecule has 1 aromatic rings. The van der Waals surface area contributed by atoms with Gasteiger partial charge in [-0.2, -0.15) is 0 Å². The third-order valence-corrected chi connectivity index (χ3v) is 6.17. The van der Waals surface area contributed by atoms with E-state index in [1.54, 1.807) is 6.92 Å². The maximum absolute atomic E-state index is 12.9. The van der Waals surface area contributed by atoms with Gasteiger partial charge in [0.15, 0.2) is 0 Å². The SMILES string of the molecule is C[C@H](NC(=O)N1CCC[C@@H]1CN1CCCC1)C(=O)N1CCc2ccccc21. The number of amides is 3. The summed E-state index contributed by atoms with van der Waals surface area (Å²) >= 11 is 0. The largest absolute Gasteiger partial charge is 0.326 e. The monoisotopic (exact) mass is 370 g/mol. The molecule has 0 saturated carbocycles. The van der Waals surface area contributed by atoms with Gasteiger partial charge in [0.05, 0.1) is 0 Å². The van der Waals surface area contributed by atoms with Crippen molar-refractivity contribution in [1.82, 2.24) is 15.1 Å². The van der Waals surface area contributed by atoms with E-state index in [1.165, 1.54) is 18.4 Å². The van der Waals surface area contributed by atoms with Crippen LogP contribution in [0, 0.1) is 0 Å². The fourth-order valence-electron chi connectivity index (χ4n) is 4.69. The van der Waals surface area contributed by atoms with Crippen LogP contribution in [0.2, 0.25) is 0 Å². The highest BCUT2D eigenvalue weighted by atomic mass is 16.2. The van der Waals surface area contributed by atoms with Crippen LogP contribution < -0.4 is 10.2 Å². The third-order valence-electron chi connectivity index (χ3n) is 6.17. The summed E-state index contributed by atoms with van der Waals surface area (Å²) in [5, 5.41) is 2.96. The molecule has 6 heteroatoms. The van der Waals surface area contributed by atoms with Crippen molar-refractivity contribution >= 4 is 17.6 Å². The number of urea groups is 1. The molecule has 2 atom stereocenters. The number of carbonyl (C=O) groups excluding carboxylic acids is 2. The number of benzene rings is 1. The summed E-state index contributed by atoms with van der Waals surface area (Å²) in [6, 6.07) is 7.69. The van der Waals surface area contributed by atoms with Crippen molar-refractivity contribution in [3.63, 3.8) is 0 Å². The standard InChI is InChI=1S/C21H30N4O2/c1-16(20(26)25-14-10-17-7-2-3-9-19(17)25)22-21(27)24-13-6-8-18(24)15-23-11-4-5-12-23/h2-3,7,9,16,18H,4-6,8,10-15H2,1H3,(H,22,27)/t16-,18+/m0/s1. The van der Waals surface area contributed by atoms with Gasteiger partial charge in [0.1, 0.15) is 6.04 Å². The minimum atomic E-state index is -0.517. The minimum absolute atomic E-state index is 0.0245. The van der Waals surface area contributed by atoms with Crippen LogP contribution in [0.15, 0.2) is 24.3 Å². The first-order chi connectivity index (χ1) is 13.1. The fraction of sp³-hybridized carbons (Fsp3) is 0.619. The Kier molecular flexibility index (Phi) is 5.34. The highest BCUT2D eigenvalue weighted by molar-refractivity contribution is 6.00. The lowest BCUT2D eigenvalue weighted by atomic mass is 10.2. The van der Waals surface area contributed by atoms with Crippen molar-refractivity contribution in [3.05, 3.63) is 29.8 Å². The van der Waals surface area contributed by atoms with E-state index in [-0.39, 0.29) is 18.0 Å². The first kappa shape index (κ1) is 18.3. The summed E-state index contributed by atoms with van der Waals surface area (Å²) in [6.45, 7) is 6.55. The van der Waals surface area contributed by atoms with E-state index in [0.717, 1.165) is 51.1 Å². The van der Waals surface area contributed by atoms with Crippen LogP contribution in [0.3, 0.4) is 0 Å². The zero-order valence-electron chi connectivity index (χ0n) is 16.2. The summed E-state index contributed by atoms with van der Waals surface area (Å²) in [4.78, 5) is 32.0. The summed E-state index contributed by atoms with van der Waals surface area (Å²) in [6.07, 6.45) is 5.52. The van der Waals surface area contributed by atoms with Crippen molar-refractivity contribution in [3.8, 4) is 0 Å². The summed E-state index contributed by atoms with van der Waals surface area (Å²) in [5.74, 6) is -0.0245. The van der Waals surface area contributed by atoms with Gasteiger partial charge in [-0.05, 0) is 63.7 Å². The maximum Gasteiger partial charge on any atom is 0.318 e. The van der Waals surface area contributed by atoms with E-state index in [2.05, 4.69) is 16.3 Å². The zero-order valence-corrected chi connectivity index (χ0v) is 16.2. The molecule has 1 aromatic carbocycles. The van der Waals surface area contributed by atoms with Gasteiger partial charge in [0.25, 0.3) is 0 Å². The molecule has 3 aliphatic rings. The Morgan fingerprint density at radius 2 is 1.89 bits per heavy atom. The fourth-order valence-corrected chi connectivity index (χ4v) is 4.69. The van der Waals surface area contributed by atoms with Crippen molar-refractivity contribution in [2.45, 2.75) is 51.1 Å². The normalized spacial score (nSPS) is 23.5. The van der Waals surface area contributed by atoms with Crippen LogP contribution in [0.5, 0.6) is 0 Å². The van der Waals surface area contributed by atoms with Crippen molar-refractivity contribution in [1.29, 1.82) is 0 Å². The second-order valence-electron chi connectivity index (χ2n) is 8.04. The molecule has 0 unspecified atom stereocenters. The number of anilines is 1. The number of nitrogens with one attached hydrogen (secondary N) is 1. The van der Waals surface area contributed by atoms with Gasteiger partial charge in [0.2, 0.25) is 5.91 Å². The molecule has 6 nitrogen and oxygen atoms in total. The second kappa shape index (κ2) is 7.89. The zero-order chi connectivity index (χ0) is 18.8. The molecule has 0 aromatic heterocycles. The molecule has 3 heterocycles. The Bertz CT molecular complexity index is 701. The molecule has 2 saturated heterocycles. The van der Waals surface area contributed by atoms with Gasteiger partial charge in [0, 0.05) is 31.4 Å². The summed E-state index contributed by atoms with van der Waals surface area (Å²) in [5.41, 5.74) is 2.19. The van der Waals surface area contributed by atoms with Gasteiger partial charge < -0.3 is 20.0 Å². The maximum atomic E-state index is 12.9. The average molecular weight is 370 g/mol. The number of nitrogens with zero attached hydrogens (tertiary/aromatic N) is 3. The van der Waals surface area contributed by atoms with Crippen molar-refractivity contribution in [2.75, 3.05) is 37.6 Å². The van der Waals surface area contributed by atoms with Gasteiger partial charge in [-0.1, -0.05) is 18.2 Å². The highest BCUT2D eigenvalue weighted by Crippen LogP contribution is 2.28. The van der Waals surface area contributed by atoms with Crippen molar-refractivity contribution in [2.24, 2.45) is 0 Å². The predicted octanol–water partition coefficient (Wildman–Crippen LogP) is 2.23. The molecule has 1 N–H and O–H groups in total. The number of hydrogen-bond acceptors (Lipinski definition) is 3. The first-order valence-corrected chi connectivity index (χ1v) is 10.3. The van der Waals surface area contributed by atoms with Crippen LogP contribution in [0.4, 0.5) is 10.5 Å². The number of carbonyl (C=O) groups is 2. The lowest BCUT2D eigenvalue weighted by molar-refractivity contribution is -0.120. The smallest absolute Gasteiger partial charge is 0.318 e. The van der Waals surface area contributed by atoms with E-state index >= 15 is 0 Å². The van der Waals surface area contributed by atoms with Crippen LogP contribution >= 0.6 is 0 Å². The Labute approximate surface area is 161 Å². The molecule has 3 amide bonds. The molecule has 0 aliphatic carbocycles. The van der Waals surface area contributed by atoms with Crippen LogP contribution in [0.25, 0.3) is 0 Å². The second-order valence-corrected chi connectivity index (χ2v) is 8.04. The molecule has 27 heavy (non-hydrogen) atoms. The van der Waals surface area contributed by atoms with E-state index < -0.39 is 6.04 Å². The predicted molar refractivity (Wildman–Crippen MR) is 106 cm³/mol. The number of hydrogen-bond donors (Lipinski definition) is 1. The van der Waals surface area contributed by atoms with Crippen molar-refractivity contribution < 1.29 is 9.59 Å². The summed E-state index contributed by atoms with van der Waals surface area (Å²) in [7, 11) is 0. The Balaban J connectivity index is 1.35. The van der Waals surface area contributed by atoms with Gasteiger partial charge >= 0.3 is 6.03 Å². The van der Waals surface area contributed by atoms with Crippen LogP contribution in [-0.4, -0.2) is 66.5 Å². The quantitative estimate of drug-likeness (QED) is 0.884. The van der Waals surface area contributed by atoms with Gasteiger partial charge in [-0.3, -0.25) is 4.79 Å². The van der Waals surface area contributed by atoms with E-state index in [1.807, 2.05) is 28.0 Å². The minimum Gasteiger partial charge on any atom is -0.326 e. The number of para-hydroxylation sites is 1. The van der Waals surface area contributed by atoms with Gasteiger partial charge in [-0.25, -0.2) is 4.79 Å². The highest BCUT2D eigenvalue weighted by Gasteiger charge is 2.34. The van der Waals surface area contributed by atoms with Crippen LogP contribution in [-0.2, 0) is 11.2 Å². The molecule has 3 aliphatic heterocycles. The molecule has 4 rings (SSSR count). The Hall–Kier alpha value is -2.08. The molecule has 0 bridgehead atoms. The lowest BCUT2D eigenvalue weighted by Crippen LogP contribution is -2.53. The summed E-state index contributed by atoms with van der Waals surface area (Å²) < 4.78 is 0. The molecule has 0 spiro atoms. The topological polar surface area (TPSA) is 55.9 Å². The number of rotatable bonds is 4.